The van der Waals surface area contributed by atoms with Gasteiger partial charge in [0, 0.05) is 5.57 Å². The number of hydrogen-bond donors (Lipinski definition) is 0. The molecule has 0 spiro atoms. The Hall–Kier alpha value is -2.47. The summed E-state index contributed by atoms with van der Waals surface area (Å²) in [6.45, 7) is 14.5. The Morgan fingerprint density at radius 3 is 2.25 bits per heavy atom. The lowest BCUT2D eigenvalue weighted by Crippen LogP contribution is -2.13. The maximum absolute atomic E-state index is 12.7. The van der Waals surface area contributed by atoms with Crippen LogP contribution in [0, 0.1) is 43.4 Å². The molecule has 0 saturated heterocycles. The molecule has 1 aliphatic rings. The molecule has 28 heavy (non-hydrogen) atoms. The molecular formula is C25H32O3. The van der Waals surface area contributed by atoms with Crippen molar-refractivity contribution in [2.24, 2.45) is 17.3 Å². The molecule has 0 bridgehead atoms. The first kappa shape index (κ1) is 21.8. The Morgan fingerprint density at radius 1 is 1.21 bits per heavy atom. The molecule has 0 aliphatic heterocycles. The Balaban J connectivity index is 2.20. The normalized spacial score (nSPS) is 20.5. The summed E-state index contributed by atoms with van der Waals surface area (Å²) in [5.41, 5.74) is 6.07. The van der Waals surface area contributed by atoms with E-state index in [0.717, 1.165) is 28.0 Å². The predicted octanol–water partition coefficient (Wildman–Crippen LogP) is 5.50. The number of allylic oxidation sites excluding steroid dienone is 3. The predicted molar refractivity (Wildman–Crippen MR) is 115 cm³/mol. The average Bonchev–Trinajstić information content (AvgIpc) is 3.13. The maximum atomic E-state index is 12.7. The molecule has 1 aliphatic carbocycles. The number of esters is 1. The highest BCUT2D eigenvalue weighted by atomic mass is 16.5. The first-order valence-corrected chi connectivity index (χ1v) is 9.68. The molecule has 1 saturated carbocycles. The van der Waals surface area contributed by atoms with Crippen molar-refractivity contribution >= 4 is 11.5 Å². The zero-order valence-corrected chi connectivity index (χ0v) is 18.4. The van der Waals surface area contributed by atoms with Crippen molar-refractivity contribution in [3.8, 4) is 18.1 Å². The number of aryl methyl sites for hydroxylation is 2. The fraction of sp³-hybridized carbons (Fsp3) is 0.480. The van der Waals surface area contributed by atoms with Crippen molar-refractivity contribution in [3.63, 3.8) is 0 Å². The number of carbonyl (C=O) groups is 1. The lowest BCUT2D eigenvalue weighted by Gasteiger charge is -2.15. The maximum Gasteiger partial charge on any atom is 0.310 e. The van der Waals surface area contributed by atoms with E-state index in [2.05, 4.69) is 39.7 Å². The number of ether oxygens (including phenoxy) is 2. The van der Waals surface area contributed by atoms with Crippen molar-refractivity contribution < 1.29 is 14.3 Å². The standard InChI is InChI=1S/C25H32O3/c1-10-19(18(6)22-16(4)12-20(27-9)13-17(22)5)14-28-24(26)23-21(11-15(2)3)25(23,7)8/h1,11-13,21,23H,14H2,2-9H3/b19-18+. The highest BCUT2D eigenvalue weighted by Gasteiger charge is 2.61. The van der Waals surface area contributed by atoms with Gasteiger partial charge in [-0.1, -0.05) is 31.4 Å². The van der Waals surface area contributed by atoms with Crippen LogP contribution >= 0.6 is 0 Å². The summed E-state index contributed by atoms with van der Waals surface area (Å²) in [5, 5.41) is 0. The quantitative estimate of drug-likeness (QED) is 0.371. The second-order valence-electron chi connectivity index (χ2n) is 8.56. The van der Waals surface area contributed by atoms with E-state index < -0.39 is 0 Å². The molecule has 3 nitrogen and oxygen atoms in total. The molecule has 2 rings (SSSR count). The molecule has 2 unspecified atom stereocenters. The van der Waals surface area contributed by atoms with Gasteiger partial charge in [0.1, 0.15) is 12.4 Å². The van der Waals surface area contributed by atoms with E-state index in [9.17, 15) is 4.79 Å². The van der Waals surface area contributed by atoms with E-state index in [1.807, 2.05) is 32.9 Å². The fourth-order valence-corrected chi connectivity index (χ4v) is 4.07. The van der Waals surface area contributed by atoms with Crippen molar-refractivity contribution in [2.75, 3.05) is 13.7 Å². The van der Waals surface area contributed by atoms with Gasteiger partial charge in [-0.3, -0.25) is 4.79 Å². The Morgan fingerprint density at radius 2 is 1.79 bits per heavy atom. The van der Waals surface area contributed by atoms with Gasteiger partial charge in [-0.2, -0.15) is 0 Å². The highest BCUT2D eigenvalue weighted by Crippen LogP contribution is 2.59. The second kappa shape index (κ2) is 8.27. The molecule has 150 valence electrons. The number of hydrogen-bond acceptors (Lipinski definition) is 3. The van der Waals surface area contributed by atoms with E-state index in [4.69, 9.17) is 15.9 Å². The van der Waals surface area contributed by atoms with Gasteiger partial charge in [0.2, 0.25) is 0 Å². The molecule has 0 heterocycles. The van der Waals surface area contributed by atoms with E-state index >= 15 is 0 Å². The van der Waals surface area contributed by atoms with Crippen LogP contribution in [0.15, 0.2) is 29.4 Å². The molecule has 0 aromatic heterocycles. The van der Waals surface area contributed by atoms with Crippen molar-refractivity contribution in [2.45, 2.75) is 48.5 Å². The van der Waals surface area contributed by atoms with E-state index in [1.165, 1.54) is 5.57 Å². The van der Waals surface area contributed by atoms with Gasteiger partial charge in [-0.05, 0) is 80.3 Å². The van der Waals surface area contributed by atoms with Crippen LogP contribution < -0.4 is 4.74 Å². The van der Waals surface area contributed by atoms with Gasteiger partial charge in [-0.15, -0.1) is 6.42 Å². The molecule has 1 aromatic rings. The lowest BCUT2D eigenvalue weighted by atomic mass is 9.93. The van der Waals surface area contributed by atoms with Crippen LogP contribution in [0.3, 0.4) is 0 Å². The van der Waals surface area contributed by atoms with E-state index in [0.29, 0.717) is 5.57 Å². The summed E-state index contributed by atoms with van der Waals surface area (Å²) in [5.74, 6) is 3.50. The number of methoxy groups -OCH3 is 1. The summed E-state index contributed by atoms with van der Waals surface area (Å²) < 4.78 is 11.0. The molecule has 1 fully saturated rings. The third-order valence-corrected chi connectivity index (χ3v) is 5.78. The third-order valence-electron chi connectivity index (χ3n) is 5.78. The topological polar surface area (TPSA) is 35.5 Å². The SMILES string of the molecule is C#C/C(COC(=O)C1C(C=C(C)C)C1(C)C)=C(/C)c1c(C)cc(OC)cc1C. The van der Waals surface area contributed by atoms with Gasteiger partial charge in [-0.25, -0.2) is 0 Å². The Bertz CT molecular complexity index is 851. The Labute approximate surface area is 169 Å². The summed E-state index contributed by atoms with van der Waals surface area (Å²) in [7, 11) is 1.66. The second-order valence-corrected chi connectivity index (χ2v) is 8.56. The highest BCUT2D eigenvalue weighted by molar-refractivity contribution is 5.80. The van der Waals surface area contributed by atoms with Crippen molar-refractivity contribution in [1.29, 1.82) is 0 Å². The number of terminal acetylenes is 1. The number of rotatable bonds is 6. The summed E-state index contributed by atoms with van der Waals surface area (Å²) in [4.78, 5) is 12.7. The largest absolute Gasteiger partial charge is 0.497 e. The molecule has 0 amide bonds. The average molecular weight is 381 g/mol. The monoisotopic (exact) mass is 380 g/mol. The van der Waals surface area contributed by atoms with Crippen LogP contribution in [0.2, 0.25) is 0 Å². The van der Waals surface area contributed by atoms with Crippen LogP contribution in [0.25, 0.3) is 5.57 Å². The van der Waals surface area contributed by atoms with Gasteiger partial charge < -0.3 is 9.47 Å². The lowest BCUT2D eigenvalue weighted by molar-refractivity contribution is -0.145. The van der Waals surface area contributed by atoms with Crippen LogP contribution in [-0.2, 0) is 9.53 Å². The first-order valence-electron chi connectivity index (χ1n) is 9.68. The van der Waals surface area contributed by atoms with E-state index in [1.54, 1.807) is 7.11 Å². The zero-order valence-electron chi connectivity index (χ0n) is 18.4. The molecule has 0 radical (unpaired) electrons. The number of benzene rings is 1. The summed E-state index contributed by atoms with van der Waals surface area (Å²) in [6, 6.07) is 3.98. The van der Waals surface area contributed by atoms with Crippen LogP contribution in [-0.4, -0.2) is 19.7 Å². The summed E-state index contributed by atoms with van der Waals surface area (Å²) >= 11 is 0. The minimum atomic E-state index is -0.170. The minimum absolute atomic E-state index is 0.0629. The Kier molecular flexibility index (Phi) is 6.44. The fourth-order valence-electron chi connectivity index (χ4n) is 4.07. The molecule has 0 N–H and O–H groups in total. The van der Waals surface area contributed by atoms with Crippen molar-refractivity contribution in [3.05, 3.63) is 46.0 Å². The van der Waals surface area contributed by atoms with Crippen LogP contribution in [0.5, 0.6) is 5.75 Å². The smallest absolute Gasteiger partial charge is 0.310 e. The van der Waals surface area contributed by atoms with E-state index in [-0.39, 0.29) is 29.8 Å². The van der Waals surface area contributed by atoms with Gasteiger partial charge in [0.05, 0.1) is 13.0 Å². The molecule has 3 heteroatoms. The zero-order chi connectivity index (χ0) is 21.2. The van der Waals surface area contributed by atoms with Crippen LogP contribution in [0.1, 0.15) is 51.3 Å². The molecule has 1 aromatic carbocycles. The van der Waals surface area contributed by atoms with Gasteiger partial charge >= 0.3 is 5.97 Å². The van der Waals surface area contributed by atoms with Gasteiger partial charge in [0.25, 0.3) is 0 Å². The minimum Gasteiger partial charge on any atom is -0.497 e. The molecular weight excluding hydrogens is 348 g/mol. The number of carbonyl (C=O) groups excluding carboxylic acids is 1. The van der Waals surface area contributed by atoms with Gasteiger partial charge in [0.15, 0.2) is 0 Å². The first-order chi connectivity index (χ1) is 13.0. The third kappa shape index (κ3) is 4.33. The summed E-state index contributed by atoms with van der Waals surface area (Å²) in [6.07, 6.45) is 7.92. The van der Waals surface area contributed by atoms with Crippen molar-refractivity contribution in [1.82, 2.24) is 0 Å². The van der Waals surface area contributed by atoms with Crippen LogP contribution in [0.4, 0.5) is 0 Å². The molecule has 2 atom stereocenters.